The Morgan fingerprint density at radius 2 is 1.88 bits per heavy atom. The predicted molar refractivity (Wildman–Crippen MR) is 141 cm³/mol. The molecule has 2 nitrogen and oxygen atoms in total. The van der Waals surface area contributed by atoms with Crippen molar-refractivity contribution in [2.45, 2.75) is 127 Å². The van der Waals surface area contributed by atoms with Crippen LogP contribution in [0.25, 0.3) is 0 Å². The Morgan fingerprint density at radius 1 is 1.09 bits per heavy atom. The van der Waals surface area contributed by atoms with E-state index in [1.807, 2.05) is 6.92 Å². The van der Waals surface area contributed by atoms with Crippen molar-refractivity contribution in [2.24, 2.45) is 29.1 Å². The number of carbonyl (C=O) groups excluding carboxylic acids is 1. The second kappa shape index (κ2) is 9.51. The van der Waals surface area contributed by atoms with E-state index in [0.29, 0.717) is 18.3 Å². The van der Waals surface area contributed by atoms with Gasteiger partial charge in [-0.3, -0.25) is 4.79 Å². The summed E-state index contributed by atoms with van der Waals surface area (Å²) in [5.74, 6) is 2.75. The maximum absolute atomic E-state index is 11.9. The summed E-state index contributed by atoms with van der Waals surface area (Å²) >= 11 is 11.1. The SMILES string of the molecule is CCC(=O)OC1CCC2(C)C(=CCC3(S)C2CCC2(S)C(CCCCC(C)C)CCC23)C1. The molecule has 0 radical (unpaired) electrons. The number of allylic oxidation sites excluding steroid dienone is 1. The van der Waals surface area contributed by atoms with Crippen LogP contribution in [0.15, 0.2) is 11.6 Å². The van der Waals surface area contributed by atoms with Crippen LogP contribution < -0.4 is 0 Å². The largest absolute Gasteiger partial charge is 0.462 e. The lowest BCUT2D eigenvalue weighted by Crippen LogP contribution is -2.60. The highest BCUT2D eigenvalue weighted by molar-refractivity contribution is 7.83. The Balaban J connectivity index is 1.48. The molecule has 7 unspecified atom stereocenters. The zero-order chi connectivity index (χ0) is 23.1. The number of ether oxygens (including phenoxy) is 1. The van der Waals surface area contributed by atoms with Crippen LogP contribution in [0.3, 0.4) is 0 Å². The highest BCUT2D eigenvalue weighted by atomic mass is 32.1. The first-order chi connectivity index (χ1) is 15.1. The molecule has 4 aliphatic rings. The van der Waals surface area contributed by atoms with Gasteiger partial charge in [-0.1, -0.05) is 58.6 Å². The molecule has 0 spiro atoms. The van der Waals surface area contributed by atoms with Gasteiger partial charge in [-0.05, 0) is 80.5 Å². The molecule has 0 aromatic heterocycles. The Morgan fingerprint density at radius 3 is 2.59 bits per heavy atom. The molecule has 3 fully saturated rings. The van der Waals surface area contributed by atoms with E-state index in [1.165, 1.54) is 51.4 Å². The maximum atomic E-state index is 11.9. The Bertz CT molecular complexity index is 733. The number of thiol groups is 2. The number of hydrogen-bond acceptors (Lipinski definition) is 4. The monoisotopic (exact) mass is 478 g/mol. The summed E-state index contributed by atoms with van der Waals surface area (Å²) in [4.78, 5) is 11.9. The topological polar surface area (TPSA) is 26.3 Å². The van der Waals surface area contributed by atoms with Crippen LogP contribution in [-0.2, 0) is 9.53 Å². The van der Waals surface area contributed by atoms with Gasteiger partial charge in [0.1, 0.15) is 6.10 Å². The van der Waals surface area contributed by atoms with Crippen molar-refractivity contribution >= 4 is 31.2 Å². The molecule has 0 heterocycles. The summed E-state index contributed by atoms with van der Waals surface area (Å²) in [6, 6.07) is 0. The molecular weight excluding hydrogens is 432 g/mol. The van der Waals surface area contributed by atoms with Crippen LogP contribution in [0.2, 0.25) is 0 Å². The van der Waals surface area contributed by atoms with Crippen molar-refractivity contribution in [3.63, 3.8) is 0 Å². The molecule has 0 bridgehead atoms. The van der Waals surface area contributed by atoms with Crippen molar-refractivity contribution in [3.05, 3.63) is 11.6 Å². The molecule has 7 atom stereocenters. The molecule has 182 valence electrons. The van der Waals surface area contributed by atoms with Gasteiger partial charge in [-0.2, -0.15) is 25.3 Å². The van der Waals surface area contributed by atoms with Crippen LogP contribution in [0.5, 0.6) is 0 Å². The number of rotatable bonds is 7. The summed E-state index contributed by atoms with van der Waals surface area (Å²) in [5, 5.41) is 0. The van der Waals surface area contributed by atoms with E-state index in [1.54, 1.807) is 5.57 Å². The summed E-state index contributed by atoms with van der Waals surface area (Å²) in [5.41, 5.74) is 1.75. The standard InChI is InChI=1S/C28H46O2S2/c1-5-25(29)30-22-13-15-26(4)21(18-22)12-16-28(32)23(26)14-17-27(31)20(10-11-24(27)28)9-7-6-8-19(2)3/h12,19-20,22-24,31-32H,5-11,13-18H2,1-4H3. The zero-order valence-corrected chi connectivity index (χ0v) is 22.7. The number of fused-ring (bicyclic) bond motifs is 5. The molecule has 0 N–H and O–H groups in total. The van der Waals surface area contributed by atoms with Crippen LogP contribution in [0.1, 0.15) is 111 Å². The number of unbranched alkanes of at least 4 members (excludes halogenated alkanes) is 1. The molecule has 0 saturated heterocycles. The minimum Gasteiger partial charge on any atom is -0.462 e. The third-order valence-corrected chi connectivity index (χ3v) is 11.6. The minimum atomic E-state index is -0.0542. The van der Waals surface area contributed by atoms with E-state index in [9.17, 15) is 4.79 Å². The van der Waals surface area contributed by atoms with Gasteiger partial charge in [-0.15, -0.1) is 0 Å². The normalized spacial score (nSPS) is 43.3. The number of esters is 1. The van der Waals surface area contributed by atoms with Crippen molar-refractivity contribution < 1.29 is 9.53 Å². The highest BCUT2D eigenvalue weighted by Gasteiger charge is 2.64. The fourth-order valence-corrected chi connectivity index (χ4v) is 9.86. The fraction of sp³-hybridized carbons (Fsp3) is 0.893. The molecule has 0 amide bonds. The van der Waals surface area contributed by atoms with Gasteiger partial charge in [0, 0.05) is 22.3 Å². The van der Waals surface area contributed by atoms with Crippen LogP contribution in [0, 0.1) is 29.1 Å². The first-order valence-electron chi connectivity index (χ1n) is 13.5. The quantitative estimate of drug-likeness (QED) is 0.169. The first kappa shape index (κ1) is 25.0. The Hall–Kier alpha value is -0.0900. The summed E-state index contributed by atoms with van der Waals surface area (Å²) < 4.78 is 5.99. The third kappa shape index (κ3) is 4.34. The van der Waals surface area contributed by atoms with E-state index in [0.717, 1.165) is 37.5 Å². The Labute approximate surface area is 207 Å². The molecular formula is C28H46O2S2. The summed E-state index contributed by atoms with van der Waals surface area (Å²) in [6.07, 6.45) is 17.7. The van der Waals surface area contributed by atoms with Gasteiger partial charge < -0.3 is 4.74 Å². The second-order valence-corrected chi connectivity index (χ2v) is 13.8. The molecule has 4 aliphatic carbocycles. The summed E-state index contributed by atoms with van der Waals surface area (Å²) in [7, 11) is 0. The van der Waals surface area contributed by atoms with E-state index in [4.69, 9.17) is 30.0 Å². The van der Waals surface area contributed by atoms with Gasteiger partial charge in [0.2, 0.25) is 0 Å². The van der Waals surface area contributed by atoms with E-state index < -0.39 is 0 Å². The Kier molecular flexibility index (Phi) is 7.44. The van der Waals surface area contributed by atoms with Crippen molar-refractivity contribution in [1.29, 1.82) is 0 Å². The van der Waals surface area contributed by atoms with Crippen LogP contribution >= 0.6 is 25.3 Å². The van der Waals surface area contributed by atoms with Gasteiger partial charge in [0.25, 0.3) is 0 Å². The lowest BCUT2D eigenvalue weighted by atomic mass is 9.49. The average Bonchev–Trinajstić information content (AvgIpc) is 3.08. The molecule has 3 saturated carbocycles. The van der Waals surface area contributed by atoms with Gasteiger partial charge in [0.15, 0.2) is 0 Å². The second-order valence-electron chi connectivity index (χ2n) is 12.1. The van der Waals surface area contributed by atoms with Gasteiger partial charge >= 0.3 is 5.97 Å². The number of hydrogen-bond donors (Lipinski definition) is 2. The molecule has 0 aliphatic heterocycles. The van der Waals surface area contributed by atoms with E-state index in [-0.39, 0.29) is 27.0 Å². The van der Waals surface area contributed by atoms with Crippen LogP contribution in [-0.4, -0.2) is 21.6 Å². The molecule has 0 aromatic rings. The van der Waals surface area contributed by atoms with E-state index in [2.05, 4.69) is 26.8 Å². The molecule has 4 heteroatoms. The van der Waals surface area contributed by atoms with Crippen molar-refractivity contribution in [1.82, 2.24) is 0 Å². The summed E-state index contributed by atoms with van der Waals surface area (Å²) in [6.45, 7) is 9.05. The van der Waals surface area contributed by atoms with Crippen molar-refractivity contribution in [2.75, 3.05) is 0 Å². The van der Waals surface area contributed by atoms with Gasteiger partial charge in [0.05, 0.1) is 0 Å². The van der Waals surface area contributed by atoms with E-state index >= 15 is 0 Å². The highest BCUT2D eigenvalue weighted by Crippen LogP contribution is 2.69. The third-order valence-electron chi connectivity index (χ3n) is 9.94. The maximum Gasteiger partial charge on any atom is 0.305 e. The lowest BCUT2D eigenvalue weighted by Gasteiger charge is -2.62. The smallest absolute Gasteiger partial charge is 0.305 e. The van der Waals surface area contributed by atoms with Crippen molar-refractivity contribution in [3.8, 4) is 0 Å². The zero-order valence-electron chi connectivity index (χ0n) is 20.9. The average molecular weight is 479 g/mol. The molecule has 32 heavy (non-hydrogen) atoms. The molecule has 4 rings (SSSR count). The first-order valence-corrected chi connectivity index (χ1v) is 14.4. The minimum absolute atomic E-state index is 0.0542. The fourth-order valence-electron chi connectivity index (χ4n) is 8.15. The van der Waals surface area contributed by atoms with Gasteiger partial charge in [-0.25, -0.2) is 0 Å². The van der Waals surface area contributed by atoms with Crippen LogP contribution in [0.4, 0.5) is 0 Å². The number of carbonyl (C=O) groups is 1. The predicted octanol–water partition coefficient (Wildman–Crippen LogP) is 7.82. The molecule has 0 aromatic carbocycles. The lowest BCUT2D eigenvalue weighted by molar-refractivity contribution is -0.150.